The summed E-state index contributed by atoms with van der Waals surface area (Å²) in [6.07, 6.45) is 2.05. The van der Waals surface area contributed by atoms with Crippen LogP contribution in [0.4, 0.5) is 17.1 Å². The molecule has 34 heavy (non-hydrogen) atoms. The summed E-state index contributed by atoms with van der Waals surface area (Å²) in [4.78, 5) is 15.2. The van der Waals surface area contributed by atoms with Gasteiger partial charge in [-0.15, -0.1) is 0 Å². The van der Waals surface area contributed by atoms with Gasteiger partial charge in [0.25, 0.3) is 5.91 Å². The highest BCUT2D eigenvalue weighted by Gasteiger charge is 2.29. The summed E-state index contributed by atoms with van der Waals surface area (Å²) in [5.74, 6) is -0.250. The summed E-state index contributed by atoms with van der Waals surface area (Å²) in [7, 11) is 0.651. The quantitative estimate of drug-likeness (QED) is 0.426. The van der Waals surface area contributed by atoms with Crippen LogP contribution in [0.15, 0.2) is 72.8 Å². The van der Waals surface area contributed by atoms with Gasteiger partial charge < -0.3 is 15.5 Å². The molecule has 7 nitrogen and oxygen atoms in total. The summed E-state index contributed by atoms with van der Waals surface area (Å²) in [5.41, 5.74) is 5.69. The first-order chi connectivity index (χ1) is 16.2. The maximum atomic E-state index is 13.1. The van der Waals surface area contributed by atoms with Gasteiger partial charge in [0, 0.05) is 29.2 Å². The molecule has 1 amide bonds. The lowest BCUT2D eigenvalue weighted by Gasteiger charge is -2.16. The van der Waals surface area contributed by atoms with Gasteiger partial charge in [0.2, 0.25) is 10.0 Å². The number of amides is 1. The molecule has 0 bridgehead atoms. The van der Waals surface area contributed by atoms with Crippen molar-refractivity contribution in [1.82, 2.24) is 4.90 Å². The predicted molar refractivity (Wildman–Crippen MR) is 139 cm³/mol. The Kier molecular flexibility index (Phi) is 6.72. The van der Waals surface area contributed by atoms with Crippen LogP contribution in [0, 0.1) is 0 Å². The first-order valence-corrected chi connectivity index (χ1v) is 12.8. The monoisotopic (exact) mass is 476 g/mol. The molecular weight excluding hydrogens is 448 g/mol. The van der Waals surface area contributed by atoms with E-state index in [0.717, 1.165) is 30.5 Å². The van der Waals surface area contributed by atoms with Gasteiger partial charge in [-0.1, -0.05) is 42.5 Å². The molecule has 1 aliphatic heterocycles. The fraction of sp³-hybridized carbons (Fsp3) is 0.192. The minimum atomic E-state index is -3.45. The van der Waals surface area contributed by atoms with Crippen molar-refractivity contribution in [2.24, 2.45) is 0 Å². The smallest absolute Gasteiger partial charge is 0.258 e. The zero-order valence-electron chi connectivity index (χ0n) is 19.4. The summed E-state index contributed by atoms with van der Waals surface area (Å²) >= 11 is 0. The SMILES string of the molecule is CN(C)CCc1ccc(NC(=C2C(=O)Nc3ccc(NS(C)(=O)=O)cc32)c2ccccc2)cc1. The molecule has 1 aliphatic rings. The Morgan fingerprint density at radius 1 is 0.941 bits per heavy atom. The van der Waals surface area contributed by atoms with E-state index in [4.69, 9.17) is 0 Å². The number of benzene rings is 3. The molecule has 0 unspecified atom stereocenters. The third-order valence-electron chi connectivity index (χ3n) is 5.45. The van der Waals surface area contributed by atoms with Crippen LogP contribution in [0.1, 0.15) is 16.7 Å². The van der Waals surface area contributed by atoms with Crippen molar-refractivity contribution in [3.63, 3.8) is 0 Å². The fourth-order valence-electron chi connectivity index (χ4n) is 3.83. The second-order valence-electron chi connectivity index (χ2n) is 8.58. The summed E-state index contributed by atoms with van der Waals surface area (Å²) in [6.45, 7) is 0.965. The van der Waals surface area contributed by atoms with Crippen LogP contribution in [0.5, 0.6) is 0 Å². The van der Waals surface area contributed by atoms with Crippen LogP contribution in [0.25, 0.3) is 11.3 Å². The number of rotatable bonds is 8. The van der Waals surface area contributed by atoms with E-state index in [1.54, 1.807) is 18.2 Å². The number of likely N-dealkylation sites (N-methyl/N-ethyl adjacent to an activating group) is 1. The topological polar surface area (TPSA) is 90.5 Å². The predicted octanol–water partition coefficient (Wildman–Crippen LogP) is 4.09. The number of hydrogen-bond acceptors (Lipinski definition) is 5. The van der Waals surface area contributed by atoms with E-state index < -0.39 is 10.0 Å². The molecule has 0 spiro atoms. The lowest BCUT2D eigenvalue weighted by molar-refractivity contribution is -0.110. The highest BCUT2D eigenvalue weighted by atomic mass is 32.2. The van der Waals surface area contributed by atoms with Crippen molar-refractivity contribution in [3.8, 4) is 0 Å². The Hall–Kier alpha value is -3.62. The van der Waals surface area contributed by atoms with E-state index in [2.05, 4.69) is 46.5 Å². The van der Waals surface area contributed by atoms with E-state index in [1.807, 2.05) is 42.5 Å². The number of anilines is 3. The summed E-state index contributed by atoms with van der Waals surface area (Å²) in [5, 5.41) is 6.33. The van der Waals surface area contributed by atoms with Crippen LogP contribution < -0.4 is 15.4 Å². The van der Waals surface area contributed by atoms with Gasteiger partial charge in [-0.3, -0.25) is 9.52 Å². The lowest BCUT2D eigenvalue weighted by atomic mass is 9.99. The largest absolute Gasteiger partial charge is 0.354 e. The number of carbonyl (C=O) groups is 1. The van der Waals surface area contributed by atoms with Crippen LogP contribution >= 0.6 is 0 Å². The number of nitrogens with zero attached hydrogens (tertiary/aromatic N) is 1. The molecule has 0 aromatic heterocycles. The van der Waals surface area contributed by atoms with Crippen molar-refractivity contribution in [2.45, 2.75) is 6.42 Å². The lowest BCUT2D eigenvalue weighted by Crippen LogP contribution is -2.15. The molecule has 0 fully saturated rings. The second kappa shape index (κ2) is 9.70. The first-order valence-electron chi connectivity index (χ1n) is 10.9. The molecule has 0 radical (unpaired) electrons. The molecule has 4 rings (SSSR count). The number of carbonyl (C=O) groups excluding carboxylic acids is 1. The first kappa shape index (κ1) is 23.5. The van der Waals surface area contributed by atoms with Gasteiger partial charge in [0.15, 0.2) is 0 Å². The van der Waals surface area contributed by atoms with Crippen LogP contribution in [0.3, 0.4) is 0 Å². The zero-order valence-corrected chi connectivity index (χ0v) is 20.2. The van der Waals surface area contributed by atoms with E-state index >= 15 is 0 Å². The third kappa shape index (κ3) is 5.65. The molecule has 176 valence electrons. The Labute approximate surface area is 200 Å². The van der Waals surface area contributed by atoms with Gasteiger partial charge in [-0.25, -0.2) is 8.42 Å². The van der Waals surface area contributed by atoms with Crippen LogP contribution in [-0.4, -0.2) is 46.1 Å². The normalized spacial score (nSPS) is 14.5. The molecule has 3 aromatic rings. The average molecular weight is 477 g/mol. The highest BCUT2D eigenvalue weighted by molar-refractivity contribution is 7.92. The maximum absolute atomic E-state index is 13.1. The van der Waals surface area contributed by atoms with Gasteiger partial charge in [-0.2, -0.15) is 0 Å². The van der Waals surface area contributed by atoms with E-state index in [9.17, 15) is 13.2 Å². The van der Waals surface area contributed by atoms with Crippen molar-refractivity contribution in [2.75, 3.05) is 42.3 Å². The van der Waals surface area contributed by atoms with Gasteiger partial charge in [0.1, 0.15) is 0 Å². The van der Waals surface area contributed by atoms with Gasteiger partial charge >= 0.3 is 0 Å². The Morgan fingerprint density at radius 3 is 2.26 bits per heavy atom. The molecule has 0 saturated carbocycles. The van der Waals surface area contributed by atoms with E-state index in [0.29, 0.717) is 28.2 Å². The molecule has 0 atom stereocenters. The highest BCUT2D eigenvalue weighted by Crippen LogP contribution is 2.39. The van der Waals surface area contributed by atoms with Gasteiger partial charge in [0.05, 0.1) is 17.5 Å². The maximum Gasteiger partial charge on any atom is 0.258 e. The van der Waals surface area contributed by atoms with E-state index in [-0.39, 0.29) is 5.91 Å². The molecular formula is C26H28N4O3S. The molecule has 0 saturated heterocycles. The average Bonchev–Trinajstić information content (AvgIpc) is 3.11. The molecule has 3 aromatic carbocycles. The third-order valence-corrected chi connectivity index (χ3v) is 6.06. The Bertz CT molecular complexity index is 1330. The Morgan fingerprint density at radius 2 is 1.62 bits per heavy atom. The summed E-state index contributed by atoms with van der Waals surface area (Å²) in [6, 6.07) is 22.8. The number of hydrogen-bond donors (Lipinski definition) is 3. The molecule has 8 heteroatoms. The van der Waals surface area contributed by atoms with Gasteiger partial charge in [-0.05, 0) is 62.0 Å². The summed E-state index contributed by atoms with van der Waals surface area (Å²) < 4.78 is 26.0. The molecule has 0 aliphatic carbocycles. The van der Waals surface area contributed by atoms with Crippen molar-refractivity contribution in [1.29, 1.82) is 0 Å². The standard InChI is InChI=1S/C26H28N4O3S/c1-30(2)16-15-18-9-11-20(12-10-18)27-25(19-7-5-4-6-8-19)24-22-17-21(29-34(3,32)33)13-14-23(22)28-26(24)31/h4-14,17,27,29H,15-16H2,1-3H3,(H,28,31). The van der Waals surface area contributed by atoms with E-state index in [1.165, 1.54) is 5.56 Å². The minimum absolute atomic E-state index is 0.250. The fourth-order valence-corrected chi connectivity index (χ4v) is 4.38. The number of nitrogens with one attached hydrogen (secondary N) is 3. The minimum Gasteiger partial charge on any atom is -0.354 e. The molecule has 1 heterocycles. The number of fused-ring (bicyclic) bond motifs is 1. The van der Waals surface area contributed by atoms with Crippen LogP contribution in [0.2, 0.25) is 0 Å². The van der Waals surface area contributed by atoms with Crippen LogP contribution in [-0.2, 0) is 21.2 Å². The zero-order chi connectivity index (χ0) is 24.3. The second-order valence-corrected chi connectivity index (χ2v) is 10.3. The molecule has 3 N–H and O–H groups in total. The van der Waals surface area contributed by atoms with Crippen molar-refractivity contribution in [3.05, 3.63) is 89.5 Å². The van der Waals surface area contributed by atoms with Crippen molar-refractivity contribution < 1.29 is 13.2 Å². The Balaban J connectivity index is 1.76. The van der Waals surface area contributed by atoms with Crippen molar-refractivity contribution >= 4 is 44.3 Å². The number of sulfonamides is 1.